The van der Waals surface area contributed by atoms with Crippen molar-refractivity contribution in [3.63, 3.8) is 0 Å². The summed E-state index contributed by atoms with van der Waals surface area (Å²) in [6.45, 7) is 5.25. The molecule has 0 bridgehead atoms. The van der Waals surface area contributed by atoms with Gasteiger partial charge in [-0.1, -0.05) is 120 Å². The highest BCUT2D eigenvalue weighted by molar-refractivity contribution is 8.68. The third-order valence-corrected chi connectivity index (χ3v) is 10.2. The van der Waals surface area contributed by atoms with Crippen LogP contribution in [0.5, 0.6) is 5.75 Å². The highest BCUT2D eigenvalue weighted by Crippen LogP contribution is 2.60. The van der Waals surface area contributed by atoms with Crippen molar-refractivity contribution < 1.29 is 9.05 Å². The van der Waals surface area contributed by atoms with E-state index in [0.717, 1.165) is 24.5 Å². The minimum absolute atomic E-state index is 0.724. The van der Waals surface area contributed by atoms with E-state index in [2.05, 4.69) is 13.8 Å². The normalized spacial score (nSPS) is 13.3. The van der Waals surface area contributed by atoms with E-state index in [-0.39, 0.29) is 0 Å². The smallest absolute Gasteiger partial charge is 0.297 e. The Morgan fingerprint density at radius 1 is 0.724 bits per heavy atom. The third kappa shape index (κ3) is 15.4. The van der Waals surface area contributed by atoms with Crippen molar-refractivity contribution in [2.75, 3.05) is 12.4 Å². The summed E-state index contributed by atoms with van der Waals surface area (Å²) < 4.78 is 12.4. The summed E-state index contributed by atoms with van der Waals surface area (Å²) in [5.74, 6) is 1.87. The molecule has 0 fully saturated rings. The lowest BCUT2D eigenvalue weighted by molar-refractivity contribution is 0.310. The fraction of sp³-hybridized carbons (Fsp3) is 0.750. The average molecular weight is 459 g/mol. The van der Waals surface area contributed by atoms with Crippen LogP contribution in [-0.4, -0.2) is 12.4 Å². The standard InChI is InChI=1S/C24H43O2PS2/c1-3-5-7-9-11-13-18-22-25-27(28,26-24-20-16-15-17-21-24)29-23-19-14-12-10-8-6-4-2/h15-17,20-21H,3-14,18-19,22-23H2,1-2H3. The first-order valence-corrected chi connectivity index (χ1v) is 16.1. The van der Waals surface area contributed by atoms with Crippen LogP contribution in [0.15, 0.2) is 30.3 Å². The van der Waals surface area contributed by atoms with Crippen molar-refractivity contribution in [3.05, 3.63) is 30.3 Å². The molecule has 1 unspecified atom stereocenters. The minimum Gasteiger partial charge on any atom is -0.436 e. The molecule has 5 heteroatoms. The molecular formula is C24H43O2PS2. The van der Waals surface area contributed by atoms with Crippen LogP contribution in [0.4, 0.5) is 0 Å². The average Bonchev–Trinajstić information content (AvgIpc) is 2.73. The van der Waals surface area contributed by atoms with E-state index in [4.69, 9.17) is 20.9 Å². The van der Waals surface area contributed by atoms with E-state index in [0.29, 0.717) is 0 Å². The monoisotopic (exact) mass is 458 g/mol. The molecule has 0 N–H and O–H groups in total. The van der Waals surface area contributed by atoms with Crippen molar-refractivity contribution in [3.8, 4) is 5.75 Å². The van der Waals surface area contributed by atoms with Crippen molar-refractivity contribution in [2.24, 2.45) is 0 Å². The number of hydrogen-bond acceptors (Lipinski definition) is 4. The molecule has 0 saturated heterocycles. The van der Waals surface area contributed by atoms with Crippen LogP contribution in [0.25, 0.3) is 0 Å². The Labute approximate surface area is 189 Å². The molecule has 0 aliphatic heterocycles. The van der Waals surface area contributed by atoms with E-state index in [1.165, 1.54) is 83.5 Å². The molecule has 0 spiro atoms. The summed E-state index contributed by atoms with van der Waals surface area (Å²) in [7, 11) is 0. The van der Waals surface area contributed by atoms with Crippen LogP contribution in [0.2, 0.25) is 0 Å². The number of unbranched alkanes of at least 4 members (excludes halogenated alkanes) is 12. The summed E-state index contributed by atoms with van der Waals surface area (Å²) in [6.07, 6.45) is 18.2. The van der Waals surface area contributed by atoms with Gasteiger partial charge in [0.1, 0.15) is 5.75 Å². The lowest BCUT2D eigenvalue weighted by atomic mass is 10.1. The lowest BCUT2D eigenvalue weighted by Gasteiger charge is -2.22. The van der Waals surface area contributed by atoms with Gasteiger partial charge in [0, 0.05) is 5.75 Å². The topological polar surface area (TPSA) is 18.5 Å². The Balaban J connectivity index is 2.31. The van der Waals surface area contributed by atoms with Gasteiger partial charge in [0.15, 0.2) is 0 Å². The molecule has 0 heterocycles. The summed E-state index contributed by atoms with van der Waals surface area (Å²) in [5.41, 5.74) is -2.32. The Morgan fingerprint density at radius 2 is 1.24 bits per heavy atom. The Bertz CT molecular complexity index is 501. The maximum absolute atomic E-state index is 6.19. The Hall–Kier alpha value is -0.0200. The van der Waals surface area contributed by atoms with Gasteiger partial charge in [-0.2, -0.15) is 0 Å². The predicted octanol–water partition coefficient (Wildman–Crippen LogP) is 9.54. The molecular weight excluding hydrogens is 415 g/mol. The zero-order valence-corrected chi connectivity index (χ0v) is 21.3. The first-order chi connectivity index (χ1) is 14.2. The first kappa shape index (κ1) is 27.0. The maximum Gasteiger partial charge on any atom is 0.297 e. The van der Waals surface area contributed by atoms with Crippen molar-refractivity contribution >= 4 is 28.9 Å². The van der Waals surface area contributed by atoms with Crippen molar-refractivity contribution in [2.45, 2.75) is 104 Å². The molecule has 0 aromatic heterocycles. The summed E-state index contributed by atoms with van der Waals surface area (Å²) in [4.78, 5) is 0. The molecule has 1 aromatic carbocycles. The molecule has 168 valence electrons. The first-order valence-electron chi connectivity index (χ1n) is 11.8. The highest BCUT2D eigenvalue weighted by atomic mass is 32.9. The van der Waals surface area contributed by atoms with E-state index in [1.807, 2.05) is 30.3 Å². The van der Waals surface area contributed by atoms with E-state index in [9.17, 15) is 0 Å². The molecule has 0 radical (unpaired) electrons. The van der Waals surface area contributed by atoms with Crippen LogP contribution in [-0.2, 0) is 16.3 Å². The Morgan fingerprint density at radius 3 is 1.83 bits per heavy atom. The number of benzene rings is 1. The van der Waals surface area contributed by atoms with Crippen molar-refractivity contribution in [1.82, 2.24) is 0 Å². The quantitative estimate of drug-likeness (QED) is 0.143. The van der Waals surface area contributed by atoms with Crippen LogP contribution >= 0.6 is 17.1 Å². The largest absolute Gasteiger partial charge is 0.436 e. The lowest BCUT2D eigenvalue weighted by Crippen LogP contribution is -1.98. The zero-order chi connectivity index (χ0) is 21.0. The third-order valence-electron chi connectivity index (χ3n) is 4.96. The summed E-state index contributed by atoms with van der Waals surface area (Å²) >= 11 is 7.63. The van der Waals surface area contributed by atoms with Crippen LogP contribution in [0, 0.1) is 0 Å². The second-order valence-electron chi connectivity index (χ2n) is 7.76. The maximum atomic E-state index is 6.19. The fourth-order valence-electron chi connectivity index (χ4n) is 3.17. The van der Waals surface area contributed by atoms with Gasteiger partial charge in [-0.3, -0.25) is 0 Å². The van der Waals surface area contributed by atoms with E-state index < -0.39 is 5.69 Å². The SMILES string of the molecule is CCCCCCCCCOP(=S)(Oc1ccccc1)SCCCCCCCCC. The van der Waals surface area contributed by atoms with E-state index in [1.54, 1.807) is 11.4 Å². The van der Waals surface area contributed by atoms with Gasteiger partial charge in [-0.25, -0.2) is 0 Å². The number of rotatable bonds is 20. The van der Waals surface area contributed by atoms with Gasteiger partial charge in [0.05, 0.1) is 6.61 Å². The second kappa shape index (κ2) is 18.7. The number of hydrogen-bond donors (Lipinski definition) is 0. The molecule has 2 nitrogen and oxygen atoms in total. The van der Waals surface area contributed by atoms with Gasteiger partial charge in [-0.05, 0) is 36.8 Å². The predicted molar refractivity (Wildman–Crippen MR) is 136 cm³/mol. The molecule has 0 amide bonds. The molecule has 0 saturated carbocycles. The zero-order valence-electron chi connectivity index (χ0n) is 18.8. The highest BCUT2D eigenvalue weighted by Gasteiger charge is 2.21. The van der Waals surface area contributed by atoms with Crippen LogP contribution < -0.4 is 4.52 Å². The van der Waals surface area contributed by atoms with E-state index >= 15 is 0 Å². The molecule has 0 aliphatic rings. The summed E-state index contributed by atoms with van der Waals surface area (Å²) in [5, 5.41) is 0. The number of para-hydroxylation sites is 1. The minimum atomic E-state index is -2.32. The molecule has 1 aromatic rings. The molecule has 1 atom stereocenters. The second-order valence-corrected chi connectivity index (χ2v) is 14.1. The van der Waals surface area contributed by atoms with Crippen LogP contribution in [0.3, 0.4) is 0 Å². The van der Waals surface area contributed by atoms with Gasteiger partial charge >= 0.3 is 0 Å². The summed E-state index contributed by atoms with van der Waals surface area (Å²) in [6, 6.07) is 9.94. The van der Waals surface area contributed by atoms with Crippen molar-refractivity contribution in [1.29, 1.82) is 0 Å². The molecule has 0 aliphatic carbocycles. The van der Waals surface area contributed by atoms with Gasteiger partial charge < -0.3 is 9.05 Å². The van der Waals surface area contributed by atoms with Gasteiger partial charge in [-0.15, -0.1) is 0 Å². The molecule has 29 heavy (non-hydrogen) atoms. The fourth-order valence-corrected chi connectivity index (χ4v) is 7.72. The van der Waals surface area contributed by atoms with Crippen LogP contribution in [0.1, 0.15) is 104 Å². The van der Waals surface area contributed by atoms with Gasteiger partial charge in [0.25, 0.3) is 5.69 Å². The Kier molecular flexibility index (Phi) is 17.4. The molecule has 1 rings (SSSR count). The van der Waals surface area contributed by atoms with Gasteiger partial charge in [0.2, 0.25) is 0 Å².